The standard InChI is InChI=1S/C14H17NO4/c1-9-3-4-11(5-10(9)2)12(16)6-15-13(17)7-19-8-14(15)18/h3-5,12,16H,6-8H2,1-2H3. The van der Waals surface area contributed by atoms with Crippen molar-refractivity contribution in [2.24, 2.45) is 0 Å². The lowest BCUT2D eigenvalue weighted by Gasteiger charge is -2.27. The van der Waals surface area contributed by atoms with Gasteiger partial charge in [0.05, 0.1) is 12.6 Å². The van der Waals surface area contributed by atoms with Crippen LogP contribution in [0.25, 0.3) is 0 Å². The average Bonchev–Trinajstić information content (AvgIpc) is 2.37. The lowest BCUT2D eigenvalue weighted by molar-refractivity contribution is -0.160. The van der Waals surface area contributed by atoms with Gasteiger partial charge in [0.25, 0.3) is 11.8 Å². The molecule has 1 heterocycles. The number of nitrogens with zero attached hydrogens (tertiary/aromatic N) is 1. The monoisotopic (exact) mass is 263 g/mol. The number of imide groups is 1. The van der Waals surface area contributed by atoms with E-state index in [2.05, 4.69) is 0 Å². The van der Waals surface area contributed by atoms with Gasteiger partial charge >= 0.3 is 0 Å². The quantitative estimate of drug-likeness (QED) is 0.816. The lowest BCUT2D eigenvalue weighted by Crippen LogP contribution is -2.47. The molecule has 19 heavy (non-hydrogen) atoms. The number of aryl methyl sites for hydroxylation is 2. The number of carbonyl (C=O) groups excluding carboxylic acids is 2. The molecule has 1 aromatic rings. The zero-order valence-electron chi connectivity index (χ0n) is 11.0. The van der Waals surface area contributed by atoms with Crippen LogP contribution in [0.1, 0.15) is 22.8 Å². The van der Waals surface area contributed by atoms with Gasteiger partial charge in [-0.1, -0.05) is 18.2 Å². The molecule has 5 nitrogen and oxygen atoms in total. The molecule has 1 fully saturated rings. The maximum atomic E-state index is 11.6. The fourth-order valence-corrected chi connectivity index (χ4v) is 1.97. The first-order valence-corrected chi connectivity index (χ1v) is 6.15. The summed E-state index contributed by atoms with van der Waals surface area (Å²) in [5, 5.41) is 10.1. The van der Waals surface area contributed by atoms with Crippen LogP contribution in [-0.2, 0) is 14.3 Å². The summed E-state index contributed by atoms with van der Waals surface area (Å²) in [6.45, 7) is 3.71. The van der Waals surface area contributed by atoms with Gasteiger partial charge in [0.15, 0.2) is 0 Å². The maximum absolute atomic E-state index is 11.6. The molecule has 1 aromatic carbocycles. The molecular formula is C14H17NO4. The second-order valence-electron chi connectivity index (χ2n) is 4.75. The predicted molar refractivity (Wildman–Crippen MR) is 68.4 cm³/mol. The Morgan fingerprint density at radius 1 is 1.21 bits per heavy atom. The number of rotatable bonds is 3. The molecule has 1 unspecified atom stereocenters. The van der Waals surface area contributed by atoms with Gasteiger partial charge in [0, 0.05) is 0 Å². The smallest absolute Gasteiger partial charge is 0.255 e. The lowest BCUT2D eigenvalue weighted by atomic mass is 10.0. The van der Waals surface area contributed by atoms with E-state index in [1.807, 2.05) is 32.0 Å². The summed E-state index contributed by atoms with van der Waals surface area (Å²) in [7, 11) is 0. The third kappa shape index (κ3) is 3.00. The zero-order chi connectivity index (χ0) is 14.0. The number of ether oxygens (including phenoxy) is 1. The molecule has 0 spiro atoms. The number of hydrogen-bond donors (Lipinski definition) is 1. The fourth-order valence-electron chi connectivity index (χ4n) is 1.97. The third-order valence-corrected chi connectivity index (χ3v) is 3.32. The van der Waals surface area contributed by atoms with E-state index in [1.54, 1.807) is 0 Å². The zero-order valence-corrected chi connectivity index (χ0v) is 11.0. The van der Waals surface area contributed by atoms with Crippen LogP contribution in [0.2, 0.25) is 0 Å². The molecule has 0 radical (unpaired) electrons. The van der Waals surface area contributed by atoms with E-state index in [1.165, 1.54) is 0 Å². The van der Waals surface area contributed by atoms with E-state index in [0.29, 0.717) is 5.56 Å². The van der Waals surface area contributed by atoms with Crippen LogP contribution in [0, 0.1) is 13.8 Å². The van der Waals surface area contributed by atoms with E-state index in [4.69, 9.17) is 4.74 Å². The van der Waals surface area contributed by atoms with Crippen molar-refractivity contribution in [3.05, 3.63) is 34.9 Å². The van der Waals surface area contributed by atoms with Crippen LogP contribution in [0.5, 0.6) is 0 Å². The number of aliphatic hydroxyl groups excluding tert-OH is 1. The molecule has 1 atom stereocenters. The highest BCUT2D eigenvalue weighted by Crippen LogP contribution is 2.19. The molecule has 1 N–H and O–H groups in total. The topological polar surface area (TPSA) is 66.8 Å². The van der Waals surface area contributed by atoms with E-state index in [9.17, 15) is 14.7 Å². The SMILES string of the molecule is Cc1ccc(C(O)CN2C(=O)COCC2=O)cc1C. The van der Waals surface area contributed by atoms with Gasteiger partial charge in [-0.3, -0.25) is 14.5 Å². The summed E-state index contributed by atoms with van der Waals surface area (Å²) in [4.78, 5) is 24.2. The number of benzene rings is 1. The Kier molecular flexibility index (Phi) is 3.97. The van der Waals surface area contributed by atoms with Crippen LogP contribution < -0.4 is 0 Å². The highest BCUT2D eigenvalue weighted by Gasteiger charge is 2.28. The molecule has 5 heteroatoms. The van der Waals surface area contributed by atoms with Crippen LogP contribution in [0.4, 0.5) is 0 Å². The van der Waals surface area contributed by atoms with Gasteiger partial charge in [-0.25, -0.2) is 0 Å². The van der Waals surface area contributed by atoms with E-state index in [0.717, 1.165) is 16.0 Å². The largest absolute Gasteiger partial charge is 0.387 e. The minimum atomic E-state index is -0.870. The maximum Gasteiger partial charge on any atom is 0.255 e. The molecule has 2 rings (SSSR count). The van der Waals surface area contributed by atoms with Crippen molar-refractivity contribution in [2.75, 3.05) is 19.8 Å². The summed E-state index contributed by atoms with van der Waals surface area (Å²) in [5.41, 5.74) is 2.90. The van der Waals surface area contributed by atoms with Crippen LogP contribution in [0.15, 0.2) is 18.2 Å². The Balaban J connectivity index is 2.11. The van der Waals surface area contributed by atoms with Gasteiger partial charge in [-0.15, -0.1) is 0 Å². The fraction of sp³-hybridized carbons (Fsp3) is 0.429. The Bertz CT molecular complexity index is 496. The van der Waals surface area contributed by atoms with Crippen molar-refractivity contribution < 1.29 is 19.4 Å². The van der Waals surface area contributed by atoms with Crippen LogP contribution in [-0.4, -0.2) is 41.6 Å². The number of carbonyl (C=O) groups is 2. The minimum Gasteiger partial charge on any atom is -0.387 e. The average molecular weight is 263 g/mol. The van der Waals surface area contributed by atoms with Crippen molar-refractivity contribution in [3.8, 4) is 0 Å². The normalized spacial score (nSPS) is 17.7. The van der Waals surface area contributed by atoms with E-state index < -0.39 is 17.9 Å². The molecule has 0 saturated carbocycles. The Morgan fingerprint density at radius 2 is 1.84 bits per heavy atom. The summed E-state index contributed by atoms with van der Waals surface area (Å²) >= 11 is 0. The first-order valence-electron chi connectivity index (χ1n) is 6.15. The minimum absolute atomic E-state index is 0.0243. The second-order valence-corrected chi connectivity index (χ2v) is 4.75. The number of hydrogen-bond acceptors (Lipinski definition) is 4. The molecular weight excluding hydrogens is 246 g/mol. The Hall–Kier alpha value is -1.72. The molecule has 2 amide bonds. The van der Waals surface area contributed by atoms with Crippen molar-refractivity contribution in [3.63, 3.8) is 0 Å². The summed E-state index contributed by atoms with van der Waals surface area (Å²) in [6, 6.07) is 5.59. The highest BCUT2D eigenvalue weighted by atomic mass is 16.5. The van der Waals surface area contributed by atoms with Crippen molar-refractivity contribution in [2.45, 2.75) is 20.0 Å². The Morgan fingerprint density at radius 3 is 2.42 bits per heavy atom. The molecule has 0 aliphatic carbocycles. The second kappa shape index (κ2) is 5.50. The highest BCUT2D eigenvalue weighted by molar-refractivity contribution is 5.98. The van der Waals surface area contributed by atoms with Crippen molar-refractivity contribution in [1.82, 2.24) is 4.90 Å². The first-order chi connectivity index (χ1) is 8.99. The van der Waals surface area contributed by atoms with Gasteiger partial charge < -0.3 is 9.84 Å². The number of morpholine rings is 1. The molecule has 0 aromatic heterocycles. The Labute approximate surface area is 111 Å². The molecule has 1 saturated heterocycles. The van der Waals surface area contributed by atoms with Gasteiger partial charge in [0.2, 0.25) is 0 Å². The summed E-state index contributed by atoms with van der Waals surface area (Å²) in [6.07, 6.45) is -0.870. The third-order valence-electron chi connectivity index (χ3n) is 3.32. The number of β-amino-alcohol motifs (C(OH)–C–C–N with tert-alkyl or cyclic N) is 1. The van der Waals surface area contributed by atoms with Crippen molar-refractivity contribution >= 4 is 11.8 Å². The number of amides is 2. The van der Waals surface area contributed by atoms with Gasteiger partial charge in [-0.05, 0) is 30.5 Å². The molecule has 0 bridgehead atoms. The van der Waals surface area contributed by atoms with Gasteiger partial charge in [0.1, 0.15) is 13.2 Å². The van der Waals surface area contributed by atoms with Crippen LogP contribution >= 0.6 is 0 Å². The van der Waals surface area contributed by atoms with E-state index >= 15 is 0 Å². The molecule has 102 valence electrons. The molecule has 1 aliphatic rings. The summed E-state index contributed by atoms with van der Waals surface area (Å²) < 4.78 is 4.82. The van der Waals surface area contributed by atoms with E-state index in [-0.39, 0.29) is 19.8 Å². The molecule has 1 aliphatic heterocycles. The van der Waals surface area contributed by atoms with Gasteiger partial charge in [-0.2, -0.15) is 0 Å². The summed E-state index contributed by atoms with van der Waals surface area (Å²) in [5.74, 6) is -0.807. The first kappa shape index (κ1) is 13.7. The van der Waals surface area contributed by atoms with Crippen molar-refractivity contribution in [1.29, 1.82) is 0 Å². The number of aliphatic hydroxyl groups is 1. The van der Waals surface area contributed by atoms with Crippen LogP contribution in [0.3, 0.4) is 0 Å². The predicted octanol–water partition coefficient (Wildman–Crippen LogP) is 0.722.